The van der Waals surface area contributed by atoms with Crippen molar-refractivity contribution >= 4 is 18.8 Å². The molecule has 0 saturated carbocycles. The number of halogens is 3. The zero-order valence-electron chi connectivity index (χ0n) is 18.6. The number of hydrogen-bond donors (Lipinski definition) is 0. The van der Waals surface area contributed by atoms with Crippen LogP contribution in [-0.2, 0) is 20.4 Å². The number of hydrogen-bond acceptors (Lipinski definition) is 0. The molecule has 0 bridgehead atoms. The van der Waals surface area contributed by atoms with Gasteiger partial charge in [-0.1, -0.05) is 0 Å². The number of benzene rings is 2. The van der Waals surface area contributed by atoms with Crippen molar-refractivity contribution in [2.75, 3.05) is 0 Å². The third-order valence-corrected chi connectivity index (χ3v) is 11.6. The second kappa shape index (κ2) is 12.7. The van der Waals surface area contributed by atoms with Crippen LogP contribution >= 0.6 is 0 Å². The first-order chi connectivity index (χ1) is 12.9. The minimum atomic E-state index is -1.81. The number of rotatable bonds is 6. The summed E-state index contributed by atoms with van der Waals surface area (Å²) in [6.07, 6.45) is 6.26. The second-order valence-corrected chi connectivity index (χ2v) is 13.4. The van der Waals surface area contributed by atoms with E-state index < -0.39 is 8.07 Å². The Bertz CT molecular complexity index is 883. The summed E-state index contributed by atoms with van der Waals surface area (Å²) in [5.41, 5.74) is 7.32. The van der Waals surface area contributed by atoms with Crippen molar-refractivity contribution in [3.05, 3.63) is 79.9 Å². The van der Waals surface area contributed by atoms with Crippen LogP contribution in [-0.4, -0.2) is 8.07 Å². The summed E-state index contributed by atoms with van der Waals surface area (Å²) in [7, 11) is -1.81. The predicted molar refractivity (Wildman–Crippen MR) is 118 cm³/mol. The van der Waals surface area contributed by atoms with Crippen molar-refractivity contribution in [2.24, 2.45) is 0 Å². The Hall–Kier alpha value is -0.279. The molecule has 3 rings (SSSR count). The van der Waals surface area contributed by atoms with Crippen LogP contribution in [0.1, 0.15) is 48.4 Å². The third-order valence-electron chi connectivity index (χ3n) is 6.00. The Morgan fingerprint density at radius 1 is 0.933 bits per heavy atom. The van der Waals surface area contributed by atoms with E-state index in [2.05, 4.69) is 103 Å². The molecule has 0 spiro atoms. The van der Waals surface area contributed by atoms with Gasteiger partial charge in [0.1, 0.15) is 0 Å². The van der Waals surface area contributed by atoms with Crippen LogP contribution in [0.5, 0.6) is 0 Å². The average molecular weight is 514 g/mol. The van der Waals surface area contributed by atoms with E-state index in [1.165, 1.54) is 45.0 Å². The van der Waals surface area contributed by atoms with Crippen LogP contribution in [0.3, 0.4) is 0 Å². The van der Waals surface area contributed by atoms with E-state index in [0.29, 0.717) is 0 Å². The molecule has 0 nitrogen and oxygen atoms in total. The minimum absolute atomic E-state index is 0. The fourth-order valence-electron chi connectivity index (χ4n) is 4.98. The van der Waals surface area contributed by atoms with Gasteiger partial charge in [-0.3, -0.25) is 0 Å². The summed E-state index contributed by atoms with van der Waals surface area (Å²) in [6, 6.07) is 17.2. The van der Waals surface area contributed by atoms with Crippen LogP contribution < -0.4 is 42.4 Å². The molecule has 1 aliphatic carbocycles. The van der Waals surface area contributed by atoms with Crippen LogP contribution in [0.4, 0.5) is 0 Å². The number of aryl methyl sites for hydroxylation is 3. The largest absolute Gasteiger partial charge is 1.00 e. The molecule has 0 radical (unpaired) electrons. The molecule has 1 aliphatic rings. The van der Waals surface area contributed by atoms with E-state index >= 15 is 0 Å². The molecule has 0 N–H and O–H groups in total. The Morgan fingerprint density at radius 3 is 2.03 bits per heavy atom. The normalized spacial score (nSPS) is 14.8. The topological polar surface area (TPSA) is 0 Å². The zero-order valence-corrected chi connectivity index (χ0v) is 23.4. The van der Waals surface area contributed by atoms with E-state index in [1.807, 2.05) is 0 Å². The van der Waals surface area contributed by atoms with Crippen molar-refractivity contribution < 1.29 is 57.7 Å². The van der Waals surface area contributed by atoms with Crippen molar-refractivity contribution in [2.45, 2.75) is 59.5 Å². The smallest absolute Gasteiger partial charge is 1.00 e. The summed E-state index contributed by atoms with van der Waals surface area (Å²) in [4.78, 5) is 0. The van der Waals surface area contributed by atoms with Gasteiger partial charge in [-0.25, -0.2) is 0 Å². The fraction of sp³-hybridized carbons (Fsp3) is 0.360. The summed E-state index contributed by atoms with van der Waals surface area (Å²) < 4.78 is 1.54. The van der Waals surface area contributed by atoms with E-state index in [-0.39, 0.29) is 37.2 Å². The molecular weight excluding hydrogens is 483 g/mol. The van der Waals surface area contributed by atoms with Gasteiger partial charge in [0, 0.05) is 0 Å². The maximum absolute atomic E-state index is 2.63. The molecule has 160 valence electrons. The van der Waals surface area contributed by atoms with E-state index in [1.54, 1.807) is 16.0 Å². The first-order valence-corrected chi connectivity index (χ1v) is 13.7. The molecular formula is C25H31Cl3SiTi. The molecule has 0 fully saturated rings. The van der Waals surface area contributed by atoms with Crippen molar-refractivity contribution in [3.8, 4) is 0 Å². The summed E-state index contributed by atoms with van der Waals surface area (Å²) in [5, 5.41) is 3.35. The Balaban J connectivity index is 0.00000280. The van der Waals surface area contributed by atoms with Gasteiger partial charge in [-0.2, -0.15) is 0 Å². The summed E-state index contributed by atoms with van der Waals surface area (Å²) in [6.45, 7) is 11.8. The fourth-order valence-corrected chi connectivity index (χ4v) is 10.9. The molecule has 1 atom stereocenters. The van der Waals surface area contributed by atoms with Crippen LogP contribution in [0.2, 0.25) is 12.6 Å². The quantitative estimate of drug-likeness (QED) is 0.376. The van der Waals surface area contributed by atoms with Gasteiger partial charge in [0.15, 0.2) is 0 Å². The molecule has 0 aromatic heterocycles. The summed E-state index contributed by atoms with van der Waals surface area (Å²) in [5.74, 6) is 0. The Labute approximate surface area is 214 Å². The van der Waals surface area contributed by atoms with Gasteiger partial charge in [-0.05, 0) is 0 Å². The van der Waals surface area contributed by atoms with E-state index in [0.717, 1.165) is 6.42 Å². The molecule has 30 heavy (non-hydrogen) atoms. The first kappa shape index (κ1) is 29.7. The van der Waals surface area contributed by atoms with Crippen LogP contribution in [0.15, 0.2) is 57.6 Å². The maximum Gasteiger partial charge on any atom is -1.00 e. The second-order valence-electron chi connectivity index (χ2n) is 8.25. The van der Waals surface area contributed by atoms with Gasteiger partial charge >= 0.3 is 179 Å². The minimum Gasteiger partial charge on any atom is -1.00 e. The molecule has 2 aromatic carbocycles. The molecule has 0 amide bonds. The SMILES string of the molecule is CCCC[Si](C)(C1=CC[C]([Ti+3])=C1c1ccccc1)c1c(C)cc(C)cc1C.[Cl-].[Cl-].[Cl-]. The maximum atomic E-state index is 2.63. The van der Waals surface area contributed by atoms with Crippen LogP contribution in [0.25, 0.3) is 5.57 Å². The van der Waals surface area contributed by atoms with Gasteiger partial charge in [0.25, 0.3) is 0 Å². The van der Waals surface area contributed by atoms with Crippen molar-refractivity contribution in [3.63, 3.8) is 0 Å². The molecule has 0 heterocycles. The number of allylic oxidation sites excluding steroid dienone is 4. The van der Waals surface area contributed by atoms with E-state index in [4.69, 9.17) is 0 Å². The van der Waals surface area contributed by atoms with Crippen molar-refractivity contribution in [1.82, 2.24) is 0 Å². The Kier molecular flexibility index (Phi) is 12.6. The van der Waals surface area contributed by atoms with Gasteiger partial charge in [0.05, 0.1) is 0 Å². The zero-order chi connectivity index (χ0) is 19.6. The molecule has 0 saturated heterocycles. The molecule has 1 unspecified atom stereocenters. The molecule has 0 aliphatic heterocycles. The Morgan fingerprint density at radius 2 is 1.50 bits per heavy atom. The van der Waals surface area contributed by atoms with Crippen LogP contribution in [0, 0.1) is 20.8 Å². The standard InChI is InChI=1S/C25H31Si.3ClH.Ti/c1-6-7-16-26(5,25-20(3)17-19(2)18-21(25)4)24-15-11-14-23(24)22-12-9-8-10-13-22;;;;/h8-10,12-13,15,17-18H,6-7,11,16H2,1-5H3;3*1H;/q;;;;+3/p-3. The van der Waals surface area contributed by atoms with Gasteiger partial charge < -0.3 is 37.2 Å². The van der Waals surface area contributed by atoms with Crippen molar-refractivity contribution in [1.29, 1.82) is 0 Å². The average Bonchev–Trinajstić information content (AvgIpc) is 3.02. The van der Waals surface area contributed by atoms with E-state index in [9.17, 15) is 0 Å². The third kappa shape index (κ3) is 5.94. The predicted octanol–water partition coefficient (Wildman–Crippen LogP) is -2.46. The van der Waals surface area contributed by atoms with Gasteiger partial charge in [0.2, 0.25) is 0 Å². The monoisotopic (exact) mass is 512 g/mol. The first-order valence-electron chi connectivity index (χ1n) is 10.2. The van der Waals surface area contributed by atoms with Gasteiger partial charge in [-0.15, -0.1) is 0 Å². The number of unbranched alkanes of at least 4 members (excludes halogenated alkanes) is 1. The molecule has 2 aromatic rings. The molecule has 5 heteroatoms. The summed E-state index contributed by atoms with van der Waals surface area (Å²) >= 11 is 2.33.